The summed E-state index contributed by atoms with van der Waals surface area (Å²) in [5.74, 6) is 0.765. The van der Waals surface area contributed by atoms with Crippen LogP contribution in [-0.4, -0.2) is 84.3 Å². The van der Waals surface area contributed by atoms with E-state index in [1.54, 1.807) is 6.07 Å². The van der Waals surface area contributed by atoms with Gasteiger partial charge >= 0.3 is 0 Å². The van der Waals surface area contributed by atoms with E-state index in [1.165, 1.54) is 5.56 Å². The van der Waals surface area contributed by atoms with Crippen molar-refractivity contribution in [2.75, 3.05) is 46.4 Å². The van der Waals surface area contributed by atoms with E-state index in [0.717, 1.165) is 37.3 Å². The third-order valence-corrected chi connectivity index (χ3v) is 6.12. The molecular weight excluding hydrogens is 442 g/mol. The van der Waals surface area contributed by atoms with Crippen LogP contribution in [0, 0.1) is 0 Å². The van der Waals surface area contributed by atoms with Crippen molar-refractivity contribution in [3.05, 3.63) is 70.8 Å². The Morgan fingerprint density at radius 3 is 1.91 bits per heavy atom. The molecular formula is C28H41N3O4. The van der Waals surface area contributed by atoms with Gasteiger partial charge in [-0.05, 0) is 54.3 Å². The van der Waals surface area contributed by atoms with E-state index >= 15 is 0 Å². The second-order valence-corrected chi connectivity index (χ2v) is 9.70. The van der Waals surface area contributed by atoms with Crippen molar-refractivity contribution < 1.29 is 19.8 Å². The predicted molar refractivity (Wildman–Crippen MR) is 140 cm³/mol. The zero-order valence-electron chi connectivity index (χ0n) is 21.7. The van der Waals surface area contributed by atoms with Gasteiger partial charge in [0, 0.05) is 43.9 Å². The third kappa shape index (κ3) is 9.09. The maximum Gasteiger partial charge on any atom is 0.253 e. The molecule has 7 nitrogen and oxygen atoms in total. The van der Waals surface area contributed by atoms with Crippen molar-refractivity contribution >= 4 is 11.8 Å². The number of benzene rings is 2. The molecule has 192 valence electrons. The number of carbonyl (C=O) groups excluding carboxylic acids is 2. The minimum absolute atomic E-state index is 0.0568. The Kier molecular flexibility index (Phi) is 11.4. The Hall–Kier alpha value is -2.74. The predicted octanol–water partition coefficient (Wildman–Crippen LogP) is 3.09. The number of aliphatic hydroxyl groups excluding tert-OH is 2. The number of aliphatic hydroxyl groups is 2. The summed E-state index contributed by atoms with van der Waals surface area (Å²) < 4.78 is 0. The lowest BCUT2D eigenvalue weighted by Gasteiger charge is -2.32. The minimum Gasteiger partial charge on any atom is -0.394 e. The van der Waals surface area contributed by atoms with Crippen molar-refractivity contribution in [2.45, 2.75) is 45.6 Å². The fourth-order valence-electron chi connectivity index (χ4n) is 3.64. The number of rotatable bonds is 7. The van der Waals surface area contributed by atoms with Crippen LogP contribution in [0.5, 0.6) is 0 Å². The highest BCUT2D eigenvalue weighted by Gasteiger charge is 2.20. The largest absolute Gasteiger partial charge is 0.394 e. The highest BCUT2D eigenvalue weighted by Crippen LogP contribution is 2.17. The summed E-state index contributed by atoms with van der Waals surface area (Å²) >= 11 is 0. The van der Waals surface area contributed by atoms with Gasteiger partial charge in [-0.25, -0.2) is 0 Å². The molecule has 0 spiro atoms. The van der Waals surface area contributed by atoms with E-state index in [2.05, 4.69) is 51.0 Å². The molecule has 1 atom stereocenters. The third-order valence-electron chi connectivity index (χ3n) is 6.12. The lowest BCUT2D eigenvalue weighted by molar-refractivity contribution is 0.0663. The van der Waals surface area contributed by atoms with E-state index in [4.69, 9.17) is 10.2 Å². The molecule has 35 heavy (non-hydrogen) atoms. The van der Waals surface area contributed by atoms with Crippen LogP contribution in [0.2, 0.25) is 0 Å². The molecule has 3 N–H and O–H groups in total. The Morgan fingerprint density at radius 1 is 0.886 bits per heavy atom. The molecule has 7 heteroatoms. The van der Waals surface area contributed by atoms with E-state index in [1.807, 2.05) is 41.3 Å². The first kappa shape index (κ1) is 28.5. The number of amides is 2. The van der Waals surface area contributed by atoms with Crippen LogP contribution in [0.25, 0.3) is 0 Å². The van der Waals surface area contributed by atoms with Gasteiger partial charge in [0.2, 0.25) is 0 Å². The molecule has 0 saturated carbocycles. The van der Waals surface area contributed by atoms with Crippen LogP contribution < -0.4 is 5.32 Å². The fourth-order valence-corrected chi connectivity index (χ4v) is 3.64. The molecule has 1 heterocycles. The summed E-state index contributed by atoms with van der Waals surface area (Å²) in [6.07, 6.45) is -0.910. The van der Waals surface area contributed by atoms with Gasteiger partial charge in [-0.1, -0.05) is 52.0 Å². The van der Waals surface area contributed by atoms with Crippen LogP contribution in [0.4, 0.5) is 0 Å². The Morgan fingerprint density at radius 2 is 1.40 bits per heavy atom. The second-order valence-electron chi connectivity index (χ2n) is 9.70. The summed E-state index contributed by atoms with van der Waals surface area (Å²) in [5, 5.41) is 20.3. The first-order valence-electron chi connectivity index (χ1n) is 12.4. The highest BCUT2D eigenvalue weighted by molar-refractivity contribution is 5.95. The van der Waals surface area contributed by atoms with E-state index in [0.29, 0.717) is 17.4 Å². The van der Waals surface area contributed by atoms with Gasteiger partial charge in [0.05, 0.1) is 12.7 Å². The smallest absolute Gasteiger partial charge is 0.253 e. The van der Waals surface area contributed by atoms with Gasteiger partial charge in [0.15, 0.2) is 0 Å². The Labute approximate surface area is 209 Å². The summed E-state index contributed by atoms with van der Waals surface area (Å²) in [6, 6.07) is 15.4. The molecule has 2 aromatic carbocycles. The van der Waals surface area contributed by atoms with Crippen LogP contribution >= 0.6 is 0 Å². The topological polar surface area (TPSA) is 93.1 Å². The average Bonchev–Trinajstić information content (AvgIpc) is 2.87. The van der Waals surface area contributed by atoms with Crippen molar-refractivity contribution in [3.8, 4) is 0 Å². The summed E-state index contributed by atoms with van der Waals surface area (Å²) in [5.41, 5.74) is 3.72. The number of nitrogens with one attached hydrogen (secondary N) is 1. The Balaban J connectivity index is 0.000000247. The molecule has 0 radical (unpaired) electrons. The molecule has 2 amide bonds. The minimum atomic E-state index is -0.910. The standard InChI is InChI=1S/C15H22N2O.C13H19NO3/c1-12(2)13-5-4-6-14(11-13)15(18)17-9-7-16(3)8-10-17;1-9(2)10-4-3-5-11(6-10)13(17)14-7-12(16)8-15/h4-6,11-12H,7-10H2,1-3H3;3-6,9,12,15-16H,7-8H2,1-2H3,(H,14,17). The monoisotopic (exact) mass is 483 g/mol. The van der Waals surface area contributed by atoms with Crippen molar-refractivity contribution in [3.63, 3.8) is 0 Å². The second kappa shape index (κ2) is 14.0. The highest BCUT2D eigenvalue weighted by atomic mass is 16.3. The SMILES string of the molecule is CC(C)c1cccc(C(=O)N2CCN(C)CC2)c1.CC(C)c1cccc(C(=O)NCC(O)CO)c1. The molecule has 1 saturated heterocycles. The normalized spacial score (nSPS) is 14.9. The van der Waals surface area contributed by atoms with Crippen LogP contribution in [0.15, 0.2) is 48.5 Å². The molecule has 0 aromatic heterocycles. The molecule has 1 unspecified atom stereocenters. The zero-order chi connectivity index (χ0) is 26.0. The van der Waals surface area contributed by atoms with Crippen LogP contribution in [0.3, 0.4) is 0 Å². The molecule has 2 aromatic rings. The summed E-state index contributed by atoms with van der Waals surface area (Å²) in [4.78, 5) is 28.3. The van der Waals surface area contributed by atoms with Gasteiger partial charge in [0.1, 0.15) is 0 Å². The van der Waals surface area contributed by atoms with E-state index in [9.17, 15) is 9.59 Å². The van der Waals surface area contributed by atoms with Crippen molar-refractivity contribution in [1.82, 2.24) is 15.1 Å². The lowest BCUT2D eigenvalue weighted by Crippen LogP contribution is -2.47. The number of carbonyl (C=O) groups is 2. The molecule has 0 bridgehead atoms. The zero-order valence-corrected chi connectivity index (χ0v) is 21.7. The van der Waals surface area contributed by atoms with E-state index in [-0.39, 0.29) is 25.0 Å². The maximum atomic E-state index is 12.4. The Bertz CT molecular complexity index is 953. The van der Waals surface area contributed by atoms with Crippen LogP contribution in [-0.2, 0) is 0 Å². The molecule has 1 aliphatic rings. The van der Waals surface area contributed by atoms with Gasteiger partial charge in [0.25, 0.3) is 11.8 Å². The summed E-state index contributed by atoms with van der Waals surface area (Å²) in [6.45, 7) is 11.7. The number of likely N-dealkylation sites (N-methyl/N-ethyl adjacent to an activating group) is 1. The molecule has 1 fully saturated rings. The van der Waals surface area contributed by atoms with Crippen molar-refractivity contribution in [1.29, 1.82) is 0 Å². The first-order chi connectivity index (χ1) is 16.6. The fraction of sp³-hybridized carbons (Fsp3) is 0.500. The number of piperazine rings is 1. The van der Waals surface area contributed by atoms with E-state index < -0.39 is 6.10 Å². The summed E-state index contributed by atoms with van der Waals surface area (Å²) in [7, 11) is 2.10. The van der Waals surface area contributed by atoms with Gasteiger partial charge in [-0.15, -0.1) is 0 Å². The van der Waals surface area contributed by atoms with Gasteiger partial charge < -0.3 is 25.3 Å². The lowest BCUT2D eigenvalue weighted by atomic mass is 10.0. The quantitative estimate of drug-likeness (QED) is 0.563. The number of nitrogens with zero attached hydrogens (tertiary/aromatic N) is 2. The van der Waals surface area contributed by atoms with Crippen molar-refractivity contribution in [2.24, 2.45) is 0 Å². The number of hydrogen-bond acceptors (Lipinski definition) is 5. The molecule has 1 aliphatic heterocycles. The molecule has 0 aliphatic carbocycles. The first-order valence-corrected chi connectivity index (χ1v) is 12.4. The van der Waals surface area contributed by atoms with Crippen LogP contribution in [0.1, 0.15) is 71.4 Å². The number of hydrogen-bond donors (Lipinski definition) is 3. The van der Waals surface area contributed by atoms with Gasteiger partial charge in [-0.3, -0.25) is 9.59 Å². The van der Waals surface area contributed by atoms with Gasteiger partial charge in [-0.2, -0.15) is 0 Å². The molecule has 3 rings (SSSR count). The average molecular weight is 484 g/mol. The maximum absolute atomic E-state index is 12.4.